The average Bonchev–Trinajstić information content (AvgIpc) is 3.16. The number of nitrogens with zero attached hydrogens (tertiary/aromatic N) is 2. The van der Waals surface area contributed by atoms with E-state index in [1.165, 1.54) is 13.2 Å². The predicted molar refractivity (Wildman–Crippen MR) is 71.0 cm³/mol. The molecule has 1 fully saturated rings. The molecule has 0 aliphatic heterocycles. The first-order valence-electron chi connectivity index (χ1n) is 6.28. The number of phenolic OH excluding ortho intramolecular Hbond substituents is 1. The Balaban J connectivity index is 1.72. The van der Waals surface area contributed by atoms with Gasteiger partial charge in [-0.1, -0.05) is 0 Å². The van der Waals surface area contributed by atoms with Crippen LogP contribution in [0.2, 0.25) is 0 Å². The molecule has 0 spiro atoms. The third-order valence-electron chi connectivity index (χ3n) is 3.11. The number of aromatic hydroxyl groups is 1. The summed E-state index contributed by atoms with van der Waals surface area (Å²) in [5.74, 6) is 1.15. The minimum absolute atomic E-state index is 0.0426. The molecule has 7 nitrogen and oxygen atoms in total. The summed E-state index contributed by atoms with van der Waals surface area (Å²) in [7, 11) is 1.46. The molecule has 3 rings (SSSR count). The molecule has 0 atom stereocenters. The highest BCUT2D eigenvalue weighted by Crippen LogP contribution is 2.37. The number of hydrogen-bond acceptors (Lipinski definition) is 5. The molecular formula is C13H14N4O3. The van der Waals surface area contributed by atoms with E-state index in [-0.39, 0.29) is 11.6 Å². The summed E-state index contributed by atoms with van der Waals surface area (Å²) in [5, 5.41) is 18.9. The Morgan fingerprint density at radius 1 is 1.50 bits per heavy atom. The van der Waals surface area contributed by atoms with Crippen molar-refractivity contribution < 1.29 is 14.6 Å². The van der Waals surface area contributed by atoms with Crippen molar-refractivity contribution >= 4 is 11.6 Å². The molecule has 1 aromatic heterocycles. The smallest absolute Gasteiger partial charge is 0.295 e. The molecule has 1 aromatic carbocycles. The van der Waals surface area contributed by atoms with Gasteiger partial charge >= 0.3 is 0 Å². The molecule has 104 valence electrons. The SMILES string of the molecule is COc1ccc(NC(=O)c2n[nH]c(C3CC3)n2)cc1O. The summed E-state index contributed by atoms with van der Waals surface area (Å²) in [6.45, 7) is 0. The van der Waals surface area contributed by atoms with Crippen LogP contribution in [-0.2, 0) is 0 Å². The van der Waals surface area contributed by atoms with E-state index < -0.39 is 5.91 Å². The second-order valence-corrected chi connectivity index (χ2v) is 4.66. The number of ether oxygens (including phenoxy) is 1. The van der Waals surface area contributed by atoms with Crippen LogP contribution in [0.3, 0.4) is 0 Å². The van der Waals surface area contributed by atoms with Crippen molar-refractivity contribution in [2.45, 2.75) is 18.8 Å². The number of anilines is 1. The van der Waals surface area contributed by atoms with Crippen LogP contribution < -0.4 is 10.1 Å². The second kappa shape index (κ2) is 4.84. The largest absolute Gasteiger partial charge is 0.504 e. The summed E-state index contributed by atoms with van der Waals surface area (Å²) in [5.41, 5.74) is 0.450. The number of hydrogen-bond donors (Lipinski definition) is 3. The van der Waals surface area contributed by atoms with E-state index in [1.807, 2.05) is 0 Å². The standard InChI is InChI=1S/C13H14N4O3/c1-20-10-5-4-8(6-9(10)18)14-13(19)12-15-11(16-17-12)7-2-3-7/h4-7,18H,2-3H2,1H3,(H,14,19)(H,15,16,17). The molecule has 3 N–H and O–H groups in total. The van der Waals surface area contributed by atoms with Gasteiger partial charge < -0.3 is 15.2 Å². The van der Waals surface area contributed by atoms with E-state index >= 15 is 0 Å². The van der Waals surface area contributed by atoms with Gasteiger partial charge in [0.2, 0.25) is 5.82 Å². The van der Waals surface area contributed by atoms with Crippen LogP contribution in [0.15, 0.2) is 18.2 Å². The summed E-state index contributed by atoms with van der Waals surface area (Å²) in [6, 6.07) is 4.61. The lowest BCUT2D eigenvalue weighted by molar-refractivity contribution is 0.101. The third-order valence-corrected chi connectivity index (χ3v) is 3.11. The second-order valence-electron chi connectivity index (χ2n) is 4.66. The van der Waals surface area contributed by atoms with E-state index in [9.17, 15) is 9.90 Å². The fourth-order valence-corrected chi connectivity index (χ4v) is 1.87. The van der Waals surface area contributed by atoms with E-state index in [2.05, 4.69) is 20.5 Å². The number of methoxy groups -OCH3 is 1. The number of nitrogens with one attached hydrogen (secondary N) is 2. The highest BCUT2D eigenvalue weighted by molar-refractivity contribution is 6.01. The van der Waals surface area contributed by atoms with Crippen LogP contribution in [-0.4, -0.2) is 33.3 Å². The molecular weight excluding hydrogens is 260 g/mol. The van der Waals surface area contributed by atoms with Gasteiger partial charge in [-0.05, 0) is 25.0 Å². The van der Waals surface area contributed by atoms with Gasteiger partial charge in [0.05, 0.1) is 7.11 Å². The zero-order valence-electron chi connectivity index (χ0n) is 10.9. The van der Waals surface area contributed by atoms with E-state index in [0.717, 1.165) is 18.7 Å². The maximum Gasteiger partial charge on any atom is 0.295 e. The highest BCUT2D eigenvalue weighted by atomic mass is 16.5. The van der Waals surface area contributed by atoms with E-state index in [0.29, 0.717) is 17.4 Å². The lowest BCUT2D eigenvalue weighted by Gasteiger charge is -2.06. The number of aromatic nitrogens is 3. The average molecular weight is 274 g/mol. The van der Waals surface area contributed by atoms with Gasteiger partial charge in [-0.25, -0.2) is 4.98 Å². The quantitative estimate of drug-likeness (QED) is 0.787. The lowest BCUT2D eigenvalue weighted by atomic mass is 10.2. The molecule has 0 saturated heterocycles. The summed E-state index contributed by atoms with van der Waals surface area (Å²) in [4.78, 5) is 16.1. The molecule has 20 heavy (non-hydrogen) atoms. The number of carbonyl (C=O) groups excluding carboxylic acids is 1. The number of amides is 1. The molecule has 1 saturated carbocycles. The van der Waals surface area contributed by atoms with Crippen molar-refractivity contribution in [1.82, 2.24) is 15.2 Å². The van der Waals surface area contributed by atoms with Crippen LogP contribution in [0.4, 0.5) is 5.69 Å². The Hall–Kier alpha value is -2.57. The Morgan fingerprint density at radius 3 is 2.95 bits per heavy atom. The zero-order valence-corrected chi connectivity index (χ0v) is 10.9. The van der Waals surface area contributed by atoms with Gasteiger partial charge in [0.15, 0.2) is 11.5 Å². The van der Waals surface area contributed by atoms with Gasteiger partial charge in [-0.2, -0.15) is 0 Å². The molecule has 0 unspecified atom stereocenters. The predicted octanol–water partition coefficient (Wildman–Crippen LogP) is 1.65. The first-order valence-corrected chi connectivity index (χ1v) is 6.28. The van der Waals surface area contributed by atoms with Crippen LogP contribution in [0.1, 0.15) is 35.2 Å². The van der Waals surface area contributed by atoms with Crippen LogP contribution >= 0.6 is 0 Å². The number of H-pyrrole nitrogens is 1. The van der Waals surface area contributed by atoms with E-state index in [4.69, 9.17) is 4.74 Å². The Morgan fingerprint density at radius 2 is 2.30 bits per heavy atom. The number of aromatic amines is 1. The Bertz CT molecular complexity index is 649. The van der Waals surface area contributed by atoms with E-state index in [1.54, 1.807) is 12.1 Å². The molecule has 1 aliphatic carbocycles. The number of rotatable bonds is 4. The summed E-state index contributed by atoms with van der Waals surface area (Å²) in [6.07, 6.45) is 2.17. The summed E-state index contributed by atoms with van der Waals surface area (Å²) < 4.78 is 4.93. The normalized spacial score (nSPS) is 14.1. The van der Waals surface area contributed by atoms with Crippen molar-refractivity contribution in [3.8, 4) is 11.5 Å². The van der Waals surface area contributed by atoms with Crippen LogP contribution in [0.25, 0.3) is 0 Å². The maximum atomic E-state index is 12.0. The fourth-order valence-electron chi connectivity index (χ4n) is 1.87. The minimum atomic E-state index is -0.419. The number of carbonyl (C=O) groups is 1. The topological polar surface area (TPSA) is 100 Å². The van der Waals surface area contributed by atoms with Crippen molar-refractivity contribution in [3.63, 3.8) is 0 Å². The zero-order chi connectivity index (χ0) is 14.1. The van der Waals surface area contributed by atoms with Crippen molar-refractivity contribution in [1.29, 1.82) is 0 Å². The third kappa shape index (κ3) is 2.42. The van der Waals surface area contributed by atoms with Gasteiger partial charge in [0.1, 0.15) is 5.82 Å². The van der Waals surface area contributed by atoms with Gasteiger partial charge in [-0.15, -0.1) is 5.10 Å². The molecule has 7 heteroatoms. The van der Waals surface area contributed by atoms with Crippen molar-refractivity contribution in [3.05, 3.63) is 29.8 Å². The van der Waals surface area contributed by atoms with Crippen LogP contribution in [0.5, 0.6) is 11.5 Å². The molecule has 1 heterocycles. The molecule has 0 bridgehead atoms. The molecule has 1 amide bonds. The minimum Gasteiger partial charge on any atom is -0.504 e. The van der Waals surface area contributed by atoms with Gasteiger partial charge in [0, 0.05) is 17.7 Å². The van der Waals surface area contributed by atoms with Crippen LogP contribution in [0, 0.1) is 0 Å². The van der Waals surface area contributed by atoms with Gasteiger partial charge in [-0.3, -0.25) is 9.89 Å². The molecule has 0 radical (unpaired) electrons. The van der Waals surface area contributed by atoms with Crippen molar-refractivity contribution in [2.75, 3.05) is 12.4 Å². The highest BCUT2D eigenvalue weighted by Gasteiger charge is 2.28. The molecule has 2 aromatic rings. The maximum absolute atomic E-state index is 12.0. The summed E-state index contributed by atoms with van der Waals surface area (Å²) >= 11 is 0. The van der Waals surface area contributed by atoms with Gasteiger partial charge in [0.25, 0.3) is 5.91 Å². The fraction of sp³-hybridized carbons (Fsp3) is 0.308. The Labute approximate surface area is 115 Å². The molecule has 1 aliphatic rings. The monoisotopic (exact) mass is 274 g/mol. The first kappa shape index (κ1) is 12.5. The number of phenols is 1. The Kier molecular flexibility index (Phi) is 3.02. The lowest BCUT2D eigenvalue weighted by Crippen LogP contribution is -2.13. The number of benzene rings is 1. The van der Waals surface area contributed by atoms with Crippen molar-refractivity contribution in [2.24, 2.45) is 0 Å². The first-order chi connectivity index (χ1) is 9.67.